The van der Waals surface area contributed by atoms with Crippen LogP contribution < -0.4 is 9.47 Å². The van der Waals surface area contributed by atoms with E-state index < -0.39 is 17.9 Å². The summed E-state index contributed by atoms with van der Waals surface area (Å²) in [5, 5.41) is 0. The number of allylic oxidation sites excluding steroid dienone is 2. The van der Waals surface area contributed by atoms with Gasteiger partial charge in [-0.25, -0.2) is 9.59 Å². The molecule has 32 heavy (non-hydrogen) atoms. The molecule has 3 rings (SSSR count). The molecule has 2 atom stereocenters. The minimum Gasteiger partial charge on any atom is -0.454 e. The lowest BCUT2D eigenvalue weighted by atomic mass is 9.96. The molecular weight excluding hydrogens is 408 g/mol. The number of rotatable bonds is 5. The largest absolute Gasteiger partial charge is 0.454 e. The van der Waals surface area contributed by atoms with E-state index in [1.165, 1.54) is 13.0 Å². The summed E-state index contributed by atoms with van der Waals surface area (Å²) in [6.07, 6.45) is 5.55. The smallest absolute Gasteiger partial charge is 0.343 e. The lowest BCUT2D eigenvalue weighted by Gasteiger charge is -2.22. The minimum atomic E-state index is -0.559. The zero-order valence-corrected chi connectivity index (χ0v) is 17.9. The first-order chi connectivity index (χ1) is 14.7. The first-order valence-electron chi connectivity index (χ1n) is 9.92. The lowest BCUT2D eigenvalue weighted by Crippen LogP contribution is -2.24. The quantitative estimate of drug-likeness (QED) is 0.458. The summed E-state index contributed by atoms with van der Waals surface area (Å²) in [4.78, 5) is 35.9. The highest BCUT2D eigenvalue weighted by Gasteiger charge is 2.21. The highest BCUT2D eigenvalue weighted by molar-refractivity contribution is 5.92. The summed E-state index contributed by atoms with van der Waals surface area (Å²) >= 11 is 0. The second-order valence-electron chi connectivity index (χ2n) is 7.49. The lowest BCUT2D eigenvalue weighted by molar-refractivity contribution is -0.131. The summed E-state index contributed by atoms with van der Waals surface area (Å²) in [6.45, 7) is 7.04. The second kappa shape index (κ2) is 10.6. The van der Waals surface area contributed by atoms with Crippen LogP contribution in [0.4, 0.5) is 0 Å². The Kier molecular flexibility index (Phi) is 8.13. The highest BCUT2D eigenvalue weighted by Crippen LogP contribution is 2.23. The normalized spacial score (nSPS) is 16.9. The molecule has 2 aromatic rings. The van der Waals surface area contributed by atoms with Crippen molar-refractivity contribution in [2.75, 3.05) is 0 Å². The van der Waals surface area contributed by atoms with E-state index in [-0.39, 0.29) is 19.4 Å². The van der Waals surface area contributed by atoms with Crippen LogP contribution in [0.15, 0.2) is 66.3 Å². The fourth-order valence-electron chi connectivity index (χ4n) is 3.20. The van der Waals surface area contributed by atoms with Crippen LogP contribution in [0.2, 0.25) is 0 Å². The SMILES string of the molecule is C.CC(=O)Oc1ccc(C(=O)Oc2ccc(C(=O)OC3C=CC(C)=CC3C)cc2)cc1C. The Morgan fingerprint density at radius 1 is 0.875 bits per heavy atom. The summed E-state index contributed by atoms with van der Waals surface area (Å²) in [6, 6.07) is 10.8. The number of hydrogen-bond acceptors (Lipinski definition) is 6. The van der Waals surface area contributed by atoms with Crippen molar-refractivity contribution in [2.24, 2.45) is 5.92 Å². The van der Waals surface area contributed by atoms with Gasteiger partial charge in [0.1, 0.15) is 17.6 Å². The molecule has 0 amide bonds. The van der Waals surface area contributed by atoms with Crippen molar-refractivity contribution in [3.63, 3.8) is 0 Å². The van der Waals surface area contributed by atoms with Gasteiger partial charge >= 0.3 is 17.9 Å². The zero-order chi connectivity index (χ0) is 22.5. The van der Waals surface area contributed by atoms with E-state index in [0.717, 1.165) is 5.57 Å². The number of carbonyl (C=O) groups is 3. The van der Waals surface area contributed by atoms with Crippen molar-refractivity contribution in [1.82, 2.24) is 0 Å². The van der Waals surface area contributed by atoms with Crippen LogP contribution in [0.5, 0.6) is 11.5 Å². The molecule has 0 heterocycles. The van der Waals surface area contributed by atoms with E-state index in [1.807, 2.05) is 26.0 Å². The van der Waals surface area contributed by atoms with Crippen molar-refractivity contribution < 1.29 is 28.6 Å². The third-order valence-electron chi connectivity index (χ3n) is 4.80. The molecule has 6 heteroatoms. The summed E-state index contributed by atoms with van der Waals surface area (Å²) in [5.41, 5.74) is 2.47. The number of carbonyl (C=O) groups excluding carboxylic acids is 3. The highest BCUT2D eigenvalue weighted by atomic mass is 16.5. The molecule has 0 aromatic heterocycles. The fourth-order valence-corrected chi connectivity index (χ4v) is 3.20. The van der Waals surface area contributed by atoms with Gasteiger partial charge in [0.2, 0.25) is 0 Å². The summed E-state index contributed by atoms with van der Waals surface area (Å²) in [5.74, 6) is -0.643. The number of benzene rings is 2. The predicted octanol–water partition coefficient (Wildman–Crippen LogP) is 5.45. The average molecular weight is 437 g/mol. The monoisotopic (exact) mass is 436 g/mol. The van der Waals surface area contributed by atoms with E-state index in [4.69, 9.17) is 14.2 Å². The third kappa shape index (κ3) is 6.17. The molecule has 6 nitrogen and oxygen atoms in total. The van der Waals surface area contributed by atoms with Crippen molar-refractivity contribution in [1.29, 1.82) is 0 Å². The van der Waals surface area contributed by atoms with Crippen LogP contribution in [0.1, 0.15) is 54.5 Å². The van der Waals surface area contributed by atoms with Gasteiger partial charge in [-0.2, -0.15) is 0 Å². The van der Waals surface area contributed by atoms with Crippen LogP contribution >= 0.6 is 0 Å². The van der Waals surface area contributed by atoms with Crippen LogP contribution in [0.25, 0.3) is 0 Å². The Morgan fingerprint density at radius 3 is 2.12 bits per heavy atom. The Morgan fingerprint density at radius 2 is 1.53 bits per heavy atom. The van der Waals surface area contributed by atoms with Gasteiger partial charge in [0.05, 0.1) is 11.1 Å². The van der Waals surface area contributed by atoms with Gasteiger partial charge < -0.3 is 14.2 Å². The molecule has 0 radical (unpaired) electrons. The molecule has 1 aliphatic carbocycles. The Hall–Kier alpha value is -3.67. The number of esters is 3. The maximum Gasteiger partial charge on any atom is 0.343 e. The molecular formula is C26H28O6. The van der Waals surface area contributed by atoms with E-state index >= 15 is 0 Å². The molecule has 168 valence electrons. The standard InChI is InChI=1S/C25H24O6.CH4/c1-15-5-11-23(16(2)13-15)31-24(27)19-6-9-21(10-7-19)30-25(28)20-8-12-22(17(3)14-20)29-18(4)26;/h5-14,16,23H,1-4H3;1H4. The van der Waals surface area contributed by atoms with Gasteiger partial charge in [-0.3, -0.25) is 4.79 Å². The topological polar surface area (TPSA) is 78.9 Å². The summed E-state index contributed by atoms with van der Waals surface area (Å²) in [7, 11) is 0. The van der Waals surface area contributed by atoms with E-state index in [2.05, 4.69) is 6.08 Å². The average Bonchev–Trinajstić information content (AvgIpc) is 2.71. The molecule has 0 spiro atoms. The first-order valence-corrected chi connectivity index (χ1v) is 9.92. The van der Waals surface area contributed by atoms with Crippen LogP contribution in [-0.4, -0.2) is 24.0 Å². The van der Waals surface area contributed by atoms with Crippen molar-refractivity contribution in [2.45, 2.75) is 41.2 Å². The van der Waals surface area contributed by atoms with Gasteiger partial charge in [-0.15, -0.1) is 0 Å². The molecule has 2 aromatic carbocycles. The fraction of sp³-hybridized carbons (Fsp3) is 0.269. The summed E-state index contributed by atoms with van der Waals surface area (Å²) < 4.78 is 16.0. The van der Waals surface area contributed by atoms with Gasteiger partial charge in [-0.1, -0.05) is 32.1 Å². The number of ether oxygens (including phenoxy) is 3. The number of aryl methyl sites for hydroxylation is 1. The van der Waals surface area contributed by atoms with Crippen molar-refractivity contribution >= 4 is 17.9 Å². The van der Waals surface area contributed by atoms with Crippen molar-refractivity contribution in [3.05, 3.63) is 83.0 Å². The first kappa shape index (κ1) is 24.6. The van der Waals surface area contributed by atoms with E-state index in [0.29, 0.717) is 28.2 Å². The third-order valence-corrected chi connectivity index (χ3v) is 4.80. The van der Waals surface area contributed by atoms with E-state index in [1.54, 1.807) is 43.3 Å². The molecule has 0 bridgehead atoms. The molecule has 0 aliphatic heterocycles. The number of hydrogen-bond donors (Lipinski definition) is 0. The molecule has 0 fully saturated rings. The van der Waals surface area contributed by atoms with Gasteiger partial charge in [0.15, 0.2) is 0 Å². The Bertz CT molecular complexity index is 1060. The maximum absolute atomic E-state index is 12.4. The minimum absolute atomic E-state index is 0. The van der Waals surface area contributed by atoms with Gasteiger partial charge in [-0.05, 0) is 68.0 Å². The van der Waals surface area contributed by atoms with Gasteiger partial charge in [0.25, 0.3) is 0 Å². The van der Waals surface area contributed by atoms with Crippen molar-refractivity contribution in [3.8, 4) is 11.5 Å². The maximum atomic E-state index is 12.4. The Labute approximate surface area is 188 Å². The Balaban J connectivity index is 0.00000363. The predicted molar refractivity (Wildman–Crippen MR) is 122 cm³/mol. The second-order valence-corrected chi connectivity index (χ2v) is 7.49. The van der Waals surface area contributed by atoms with Crippen LogP contribution in [0, 0.1) is 12.8 Å². The zero-order valence-electron chi connectivity index (χ0n) is 17.9. The van der Waals surface area contributed by atoms with E-state index in [9.17, 15) is 14.4 Å². The van der Waals surface area contributed by atoms with Crippen LogP contribution in [0.3, 0.4) is 0 Å². The molecule has 2 unspecified atom stereocenters. The van der Waals surface area contributed by atoms with Crippen LogP contribution in [-0.2, 0) is 9.53 Å². The molecule has 0 N–H and O–H groups in total. The molecule has 0 saturated carbocycles. The molecule has 1 aliphatic rings. The molecule has 0 saturated heterocycles. The van der Waals surface area contributed by atoms with Gasteiger partial charge in [0, 0.05) is 12.8 Å².